The molecule has 18 heavy (non-hydrogen) atoms. The predicted octanol–water partition coefficient (Wildman–Crippen LogP) is 2.72. The highest BCUT2D eigenvalue weighted by Crippen LogP contribution is 2.32. The monoisotopic (exact) mass is 286 g/mol. The lowest BCUT2D eigenvalue weighted by Gasteiger charge is -2.16. The highest BCUT2D eigenvalue weighted by atomic mass is 35.5. The van der Waals surface area contributed by atoms with Crippen molar-refractivity contribution in [2.45, 2.75) is 24.3 Å². The van der Waals surface area contributed by atoms with Crippen LogP contribution in [0.5, 0.6) is 0 Å². The SMILES string of the molecule is C[C@H](S[C@H](C)C(=O)NC(N)=O)c1ccc(Cl)cc1. The van der Waals surface area contributed by atoms with Crippen LogP contribution in [0.1, 0.15) is 24.7 Å². The van der Waals surface area contributed by atoms with E-state index in [0.29, 0.717) is 5.02 Å². The smallest absolute Gasteiger partial charge is 0.318 e. The number of hydrogen-bond acceptors (Lipinski definition) is 3. The average Bonchev–Trinajstić information content (AvgIpc) is 2.28. The lowest BCUT2D eigenvalue weighted by atomic mass is 10.2. The first-order chi connectivity index (χ1) is 8.40. The van der Waals surface area contributed by atoms with E-state index in [9.17, 15) is 9.59 Å². The third-order valence-corrected chi connectivity index (χ3v) is 3.92. The van der Waals surface area contributed by atoms with E-state index in [1.165, 1.54) is 11.8 Å². The molecule has 1 aromatic carbocycles. The van der Waals surface area contributed by atoms with Gasteiger partial charge in [0, 0.05) is 10.3 Å². The Morgan fingerprint density at radius 3 is 2.33 bits per heavy atom. The van der Waals surface area contributed by atoms with Crippen molar-refractivity contribution in [2.24, 2.45) is 5.73 Å². The highest BCUT2D eigenvalue weighted by Gasteiger charge is 2.18. The van der Waals surface area contributed by atoms with Gasteiger partial charge in [-0.15, -0.1) is 11.8 Å². The quantitative estimate of drug-likeness (QED) is 0.894. The van der Waals surface area contributed by atoms with Crippen LogP contribution in [0.25, 0.3) is 0 Å². The molecule has 0 aliphatic carbocycles. The van der Waals surface area contributed by atoms with E-state index in [4.69, 9.17) is 17.3 Å². The van der Waals surface area contributed by atoms with E-state index < -0.39 is 6.03 Å². The molecule has 0 saturated heterocycles. The molecule has 0 heterocycles. The number of benzene rings is 1. The van der Waals surface area contributed by atoms with Crippen molar-refractivity contribution < 1.29 is 9.59 Å². The largest absolute Gasteiger partial charge is 0.351 e. The number of amides is 3. The summed E-state index contributed by atoms with van der Waals surface area (Å²) in [6.45, 7) is 3.72. The molecule has 4 nitrogen and oxygen atoms in total. The number of halogens is 1. The van der Waals surface area contributed by atoms with Crippen LogP contribution in [-0.2, 0) is 4.79 Å². The zero-order valence-electron chi connectivity index (χ0n) is 10.1. The summed E-state index contributed by atoms with van der Waals surface area (Å²) in [5.74, 6) is -0.381. The lowest BCUT2D eigenvalue weighted by Crippen LogP contribution is -2.39. The maximum absolute atomic E-state index is 11.5. The molecule has 0 radical (unpaired) electrons. The van der Waals surface area contributed by atoms with Crippen molar-refractivity contribution in [1.82, 2.24) is 5.32 Å². The Kier molecular flexibility index (Phi) is 5.50. The normalized spacial score (nSPS) is 13.7. The number of rotatable bonds is 4. The second kappa shape index (κ2) is 6.66. The molecule has 0 aliphatic heterocycles. The minimum absolute atomic E-state index is 0.121. The fourth-order valence-corrected chi connectivity index (χ4v) is 2.64. The number of carbonyl (C=O) groups excluding carboxylic acids is 2. The van der Waals surface area contributed by atoms with Gasteiger partial charge < -0.3 is 5.73 Å². The average molecular weight is 287 g/mol. The zero-order valence-corrected chi connectivity index (χ0v) is 11.7. The molecule has 0 spiro atoms. The first-order valence-electron chi connectivity index (χ1n) is 5.41. The second-order valence-corrected chi connectivity index (χ2v) is 5.95. The van der Waals surface area contributed by atoms with Gasteiger partial charge in [0.05, 0.1) is 5.25 Å². The van der Waals surface area contributed by atoms with Gasteiger partial charge in [-0.3, -0.25) is 10.1 Å². The maximum Gasteiger partial charge on any atom is 0.318 e. The number of imide groups is 1. The molecular weight excluding hydrogens is 272 g/mol. The van der Waals surface area contributed by atoms with E-state index in [1.54, 1.807) is 6.92 Å². The second-order valence-electron chi connectivity index (χ2n) is 3.83. The van der Waals surface area contributed by atoms with Crippen molar-refractivity contribution in [3.05, 3.63) is 34.9 Å². The van der Waals surface area contributed by atoms with Crippen LogP contribution in [-0.4, -0.2) is 17.2 Å². The molecule has 0 aliphatic rings. The van der Waals surface area contributed by atoms with E-state index in [1.807, 2.05) is 31.2 Å². The summed E-state index contributed by atoms with van der Waals surface area (Å²) in [7, 11) is 0. The molecule has 3 N–H and O–H groups in total. The van der Waals surface area contributed by atoms with Gasteiger partial charge in [0.1, 0.15) is 0 Å². The number of primary amides is 1. The third kappa shape index (κ3) is 4.58. The van der Waals surface area contributed by atoms with Crippen molar-refractivity contribution in [3.63, 3.8) is 0 Å². The van der Waals surface area contributed by atoms with Gasteiger partial charge >= 0.3 is 6.03 Å². The standard InChI is InChI=1S/C12H15ClN2O2S/c1-7(9-3-5-10(13)6-4-9)18-8(2)11(16)15-12(14)17/h3-8H,1-2H3,(H3,14,15,16,17)/t7-,8+/m0/s1. The number of carbonyl (C=O) groups is 2. The fraction of sp³-hybridized carbons (Fsp3) is 0.333. The summed E-state index contributed by atoms with van der Waals surface area (Å²) in [6.07, 6.45) is 0. The van der Waals surface area contributed by atoms with Gasteiger partial charge in [-0.2, -0.15) is 0 Å². The topological polar surface area (TPSA) is 72.2 Å². The summed E-state index contributed by atoms with van der Waals surface area (Å²) < 4.78 is 0. The van der Waals surface area contributed by atoms with Gasteiger partial charge in [0.2, 0.25) is 5.91 Å². The van der Waals surface area contributed by atoms with Gasteiger partial charge in [-0.1, -0.05) is 23.7 Å². The molecule has 0 unspecified atom stereocenters. The Balaban J connectivity index is 2.58. The Hall–Kier alpha value is -1.20. The fourth-order valence-electron chi connectivity index (χ4n) is 1.40. The van der Waals surface area contributed by atoms with Crippen LogP contribution in [0, 0.1) is 0 Å². The number of nitrogens with two attached hydrogens (primary N) is 1. The first kappa shape index (κ1) is 14.9. The van der Waals surface area contributed by atoms with Gasteiger partial charge in [-0.05, 0) is 31.5 Å². The van der Waals surface area contributed by atoms with Crippen LogP contribution < -0.4 is 11.1 Å². The van der Waals surface area contributed by atoms with Crippen LogP contribution in [0.2, 0.25) is 5.02 Å². The summed E-state index contributed by atoms with van der Waals surface area (Å²) in [5.41, 5.74) is 5.97. The molecule has 2 atom stereocenters. The number of thioether (sulfide) groups is 1. The van der Waals surface area contributed by atoms with Crippen LogP contribution in [0.4, 0.5) is 4.79 Å². The van der Waals surface area contributed by atoms with Crippen molar-refractivity contribution in [1.29, 1.82) is 0 Å². The molecular formula is C12H15ClN2O2S. The first-order valence-corrected chi connectivity index (χ1v) is 6.73. The molecule has 0 fully saturated rings. The molecule has 3 amide bonds. The molecule has 6 heteroatoms. The minimum Gasteiger partial charge on any atom is -0.351 e. The van der Waals surface area contributed by atoms with E-state index >= 15 is 0 Å². The van der Waals surface area contributed by atoms with E-state index in [2.05, 4.69) is 5.32 Å². The maximum atomic E-state index is 11.5. The Morgan fingerprint density at radius 2 is 1.83 bits per heavy atom. The van der Waals surface area contributed by atoms with Crippen LogP contribution in [0.3, 0.4) is 0 Å². The summed E-state index contributed by atoms with van der Waals surface area (Å²) >= 11 is 7.25. The zero-order chi connectivity index (χ0) is 13.7. The summed E-state index contributed by atoms with van der Waals surface area (Å²) in [4.78, 5) is 22.1. The summed E-state index contributed by atoms with van der Waals surface area (Å²) in [6, 6.07) is 6.62. The Bertz CT molecular complexity index is 436. The molecule has 1 aromatic rings. The highest BCUT2D eigenvalue weighted by molar-refractivity contribution is 8.00. The molecule has 0 bridgehead atoms. The van der Waals surface area contributed by atoms with Crippen molar-refractivity contribution >= 4 is 35.3 Å². The molecule has 98 valence electrons. The Labute approximate surface area is 115 Å². The molecule has 1 rings (SSSR count). The van der Waals surface area contributed by atoms with Gasteiger partial charge in [-0.25, -0.2) is 4.79 Å². The van der Waals surface area contributed by atoms with E-state index in [-0.39, 0.29) is 16.4 Å². The third-order valence-electron chi connectivity index (χ3n) is 2.36. The summed E-state index contributed by atoms with van der Waals surface area (Å²) in [5, 5.41) is 2.51. The Morgan fingerprint density at radius 1 is 1.28 bits per heavy atom. The van der Waals surface area contributed by atoms with Crippen molar-refractivity contribution in [2.75, 3.05) is 0 Å². The number of nitrogens with one attached hydrogen (secondary N) is 1. The van der Waals surface area contributed by atoms with Gasteiger partial charge in [0.25, 0.3) is 0 Å². The van der Waals surface area contributed by atoms with Gasteiger partial charge in [0.15, 0.2) is 0 Å². The van der Waals surface area contributed by atoms with Crippen LogP contribution in [0.15, 0.2) is 24.3 Å². The van der Waals surface area contributed by atoms with Crippen LogP contribution >= 0.6 is 23.4 Å². The van der Waals surface area contributed by atoms with E-state index in [0.717, 1.165) is 5.56 Å². The minimum atomic E-state index is -0.827. The lowest BCUT2D eigenvalue weighted by molar-refractivity contribution is -0.119. The number of hydrogen-bond donors (Lipinski definition) is 2. The predicted molar refractivity (Wildman–Crippen MR) is 74.6 cm³/mol. The molecule has 0 saturated carbocycles. The molecule has 0 aromatic heterocycles. The number of urea groups is 1. The van der Waals surface area contributed by atoms with Crippen molar-refractivity contribution in [3.8, 4) is 0 Å².